The number of hydrogen-bond donors (Lipinski definition) is 4. The van der Waals surface area contributed by atoms with Gasteiger partial charge in [0, 0.05) is 12.3 Å². The van der Waals surface area contributed by atoms with Gasteiger partial charge in [-0.3, -0.25) is 28.0 Å². The summed E-state index contributed by atoms with van der Waals surface area (Å²) in [5.41, 5.74) is -3.61. The molecule has 1 aliphatic heterocycles. The monoisotopic (exact) mass is 505 g/mol. The van der Waals surface area contributed by atoms with Crippen LogP contribution >= 0.6 is 23.5 Å². The van der Waals surface area contributed by atoms with Crippen molar-refractivity contribution >= 4 is 23.5 Å². The molecule has 1 fully saturated rings. The van der Waals surface area contributed by atoms with E-state index in [0.717, 1.165) is 16.8 Å². The van der Waals surface area contributed by atoms with E-state index in [1.54, 1.807) is 6.07 Å². The van der Waals surface area contributed by atoms with E-state index in [2.05, 4.69) is 13.1 Å². The number of H-pyrrole nitrogens is 1. The quantitative estimate of drug-likeness (QED) is 0.264. The third-order valence-corrected chi connectivity index (χ3v) is 7.66. The molecule has 0 aromatic carbocycles. The summed E-state index contributed by atoms with van der Waals surface area (Å²) in [6.45, 7) is 0.0800. The number of nitrogens with zero attached hydrogens (tertiary/aromatic N) is 2. The summed E-state index contributed by atoms with van der Waals surface area (Å²) in [4.78, 5) is 64.5. The second-order valence-corrected chi connectivity index (χ2v) is 10.6. The number of rotatable bonds is 8. The van der Waals surface area contributed by atoms with Crippen LogP contribution in [0.15, 0.2) is 21.9 Å². The van der Waals surface area contributed by atoms with Gasteiger partial charge in [0.2, 0.25) is 0 Å². The Balaban J connectivity index is 2.19. The van der Waals surface area contributed by atoms with Crippen LogP contribution < -0.4 is 21.0 Å². The van der Waals surface area contributed by atoms with Gasteiger partial charge in [-0.1, -0.05) is 0 Å². The van der Waals surface area contributed by atoms with E-state index in [-0.39, 0.29) is 0 Å². The lowest BCUT2D eigenvalue weighted by atomic mass is 9.84. The molecule has 20 heteroatoms. The summed E-state index contributed by atoms with van der Waals surface area (Å²) in [5.74, 6) is 0. The average molecular weight is 505 g/mol. The fourth-order valence-electron chi connectivity index (χ4n) is 2.59. The maximum atomic E-state index is 12.0. The zero-order valence-corrected chi connectivity index (χ0v) is 17.8. The van der Waals surface area contributed by atoms with Crippen molar-refractivity contribution in [1.29, 1.82) is 5.26 Å². The smallest absolute Gasteiger partial charge is 0.478 e. The lowest BCUT2D eigenvalue weighted by molar-refractivity contribution is -0.236. The summed E-state index contributed by atoms with van der Waals surface area (Å²) >= 11 is 0. The van der Waals surface area contributed by atoms with E-state index in [4.69, 9.17) is 9.63 Å². The molecule has 0 aliphatic carbocycles. The first-order valence-electron chi connectivity index (χ1n) is 7.81. The van der Waals surface area contributed by atoms with Gasteiger partial charge in [0.25, 0.3) is 21.2 Å². The Labute approximate surface area is 171 Å². The first-order chi connectivity index (χ1) is 14.0. The summed E-state index contributed by atoms with van der Waals surface area (Å²) < 4.78 is 50.5. The predicted molar refractivity (Wildman–Crippen MR) is 90.3 cm³/mol. The minimum atomic E-state index is -6.06. The van der Waals surface area contributed by atoms with Gasteiger partial charge in [-0.25, -0.2) is 18.0 Å². The molecule has 0 saturated carbocycles. The largest absolute Gasteiger partial charge is 0.756 e. The molecule has 4 N–H and O–H groups in total. The number of aromatic amines is 1. The van der Waals surface area contributed by atoms with E-state index < -0.39 is 65.2 Å². The third kappa shape index (κ3) is 6.27. The number of aliphatic hydroxyl groups excluding tert-OH is 1. The van der Waals surface area contributed by atoms with Crippen LogP contribution in [0.25, 0.3) is 0 Å². The fraction of sp³-hybridized carbons (Fsp3) is 0.545. The molecule has 2 rings (SSSR count). The number of aliphatic hydroxyl groups is 1. The maximum absolute atomic E-state index is 12.0. The normalized spacial score (nSPS) is 31.8. The molecule has 0 radical (unpaired) electrons. The van der Waals surface area contributed by atoms with Crippen LogP contribution in [0.2, 0.25) is 0 Å². The van der Waals surface area contributed by atoms with Gasteiger partial charge in [0.15, 0.2) is 6.23 Å². The maximum Gasteiger partial charge on any atom is 0.478 e. The van der Waals surface area contributed by atoms with Crippen LogP contribution in [0.1, 0.15) is 13.2 Å². The first kappa shape index (κ1) is 25.8. The van der Waals surface area contributed by atoms with Gasteiger partial charge in [-0.2, -0.15) is 5.26 Å². The van der Waals surface area contributed by atoms with Gasteiger partial charge in [-0.05, 0) is 6.92 Å². The standard InChI is InChI=1S/C11H16N3O14P3/c1-11(5-12)8(16)6(26-9(11)14-3-2-7(15)13-10(14)17)4-25-30(21,22)28-31(23,24)27-29(18,19)20/h2-3,6,8-9,16H,4H2,1H3,(H,21,22)(H,23,24)(H,13,15,17)(H2,18,19,20)/p-2/t6-,8-,9-,11-/m1/s1. The topological polar surface area (TPSA) is 274 Å². The van der Waals surface area contributed by atoms with Crippen molar-refractivity contribution in [3.8, 4) is 6.07 Å². The molecule has 0 amide bonds. The van der Waals surface area contributed by atoms with Gasteiger partial charge in [-0.15, -0.1) is 0 Å². The molecule has 174 valence electrons. The molecular weight excluding hydrogens is 491 g/mol. The number of phosphoric acid groups is 3. The zero-order valence-electron chi connectivity index (χ0n) is 15.2. The van der Waals surface area contributed by atoms with Crippen molar-refractivity contribution in [2.75, 3.05) is 6.61 Å². The number of nitrogens with one attached hydrogen (secondary N) is 1. The number of phosphoric ester groups is 1. The van der Waals surface area contributed by atoms with Crippen molar-refractivity contribution in [1.82, 2.24) is 9.55 Å². The lowest BCUT2D eigenvalue weighted by Crippen LogP contribution is -2.40. The van der Waals surface area contributed by atoms with Crippen molar-refractivity contribution in [3.05, 3.63) is 33.1 Å². The Kier molecular flexibility index (Phi) is 7.31. The van der Waals surface area contributed by atoms with E-state index in [1.165, 1.54) is 6.92 Å². The Morgan fingerprint density at radius 1 is 1.32 bits per heavy atom. The van der Waals surface area contributed by atoms with E-state index in [1.807, 2.05) is 4.98 Å². The molecule has 17 nitrogen and oxygen atoms in total. The molecule has 7 atom stereocenters. The molecule has 31 heavy (non-hydrogen) atoms. The van der Waals surface area contributed by atoms with Crippen LogP contribution in [0.3, 0.4) is 0 Å². The highest BCUT2D eigenvalue weighted by molar-refractivity contribution is 7.65. The van der Waals surface area contributed by atoms with Crippen LogP contribution in [0.5, 0.6) is 0 Å². The second-order valence-electron chi connectivity index (χ2n) is 6.23. The predicted octanol–water partition coefficient (Wildman–Crippen LogP) is -2.60. The summed E-state index contributed by atoms with van der Waals surface area (Å²) in [6, 6.07) is 2.65. The van der Waals surface area contributed by atoms with Gasteiger partial charge < -0.3 is 29.4 Å². The SMILES string of the molecule is C[C@@]1(C#N)[C@H](O)[C@@H](COP(=O)(O)OP(=O)([O-])OP(=O)([O-])O)O[C@H]1n1ccc(=O)[nH]c1=O. The highest BCUT2D eigenvalue weighted by atomic mass is 31.3. The van der Waals surface area contributed by atoms with Crippen molar-refractivity contribution < 1.29 is 56.3 Å². The second kappa shape index (κ2) is 8.80. The van der Waals surface area contributed by atoms with E-state index in [9.17, 15) is 48.3 Å². The molecular formula is C11H14N3O14P3-2. The molecule has 0 spiro atoms. The van der Waals surface area contributed by atoms with Gasteiger partial charge in [0.1, 0.15) is 17.6 Å². The Bertz CT molecular complexity index is 1130. The summed E-state index contributed by atoms with van der Waals surface area (Å²) in [6.07, 6.45) is -3.92. The minimum absolute atomic E-state index is 0.758. The molecule has 1 saturated heterocycles. The van der Waals surface area contributed by atoms with Gasteiger partial charge >= 0.3 is 13.5 Å². The molecule has 1 aromatic heterocycles. The summed E-state index contributed by atoms with van der Waals surface area (Å²) in [5, 5.41) is 19.8. The van der Waals surface area contributed by atoms with Crippen LogP contribution in [-0.4, -0.2) is 43.3 Å². The van der Waals surface area contributed by atoms with E-state index >= 15 is 0 Å². The number of nitriles is 1. The molecule has 0 bridgehead atoms. The number of hydrogen-bond acceptors (Lipinski definition) is 13. The average Bonchev–Trinajstić information content (AvgIpc) is 2.82. The fourth-order valence-corrected chi connectivity index (χ4v) is 5.52. The van der Waals surface area contributed by atoms with Crippen molar-refractivity contribution in [3.63, 3.8) is 0 Å². The Morgan fingerprint density at radius 3 is 2.45 bits per heavy atom. The Morgan fingerprint density at radius 2 is 1.94 bits per heavy atom. The van der Waals surface area contributed by atoms with Crippen LogP contribution in [0, 0.1) is 16.7 Å². The Hall–Kier alpha value is -1.50. The van der Waals surface area contributed by atoms with E-state index in [0.29, 0.717) is 0 Å². The van der Waals surface area contributed by atoms with Crippen molar-refractivity contribution in [2.45, 2.75) is 25.4 Å². The molecule has 1 aromatic rings. The van der Waals surface area contributed by atoms with Gasteiger partial charge in [0.05, 0.1) is 12.7 Å². The lowest BCUT2D eigenvalue weighted by Gasteiger charge is -2.28. The van der Waals surface area contributed by atoms with Crippen LogP contribution in [-0.2, 0) is 31.6 Å². The van der Waals surface area contributed by atoms with Crippen molar-refractivity contribution in [2.24, 2.45) is 5.41 Å². The molecule has 1 aliphatic rings. The number of ether oxygens (including phenoxy) is 1. The highest BCUT2D eigenvalue weighted by Gasteiger charge is 2.55. The molecule has 3 unspecified atom stereocenters. The zero-order chi connectivity index (χ0) is 23.8. The summed E-state index contributed by atoms with van der Waals surface area (Å²) in [7, 11) is -17.6. The number of aromatic nitrogens is 2. The minimum Gasteiger partial charge on any atom is -0.756 e. The highest BCUT2D eigenvalue weighted by Crippen LogP contribution is 2.63. The third-order valence-electron chi connectivity index (χ3n) is 3.94. The van der Waals surface area contributed by atoms with Crippen LogP contribution in [0.4, 0.5) is 0 Å². The first-order valence-corrected chi connectivity index (χ1v) is 12.3. The molecule has 2 heterocycles.